The summed E-state index contributed by atoms with van der Waals surface area (Å²) in [4.78, 5) is 42.0. The number of nitrogens with zero attached hydrogens (tertiary/aromatic N) is 2. The smallest absolute Gasteiger partial charge is 0.317 e. The van der Waals surface area contributed by atoms with Gasteiger partial charge in [0.2, 0.25) is 5.60 Å². The fourth-order valence-electron chi connectivity index (χ4n) is 4.05. The molecule has 3 rings (SSSR count). The molecule has 0 radical (unpaired) electrons. The number of ether oxygens (including phenoxy) is 1. The molecule has 1 fully saturated rings. The van der Waals surface area contributed by atoms with Crippen LogP contribution in [0.25, 0.3) is 0 Å². The highest BCUT2D eigenvalue weighted by Gasteiger charge is 2.63. The Bertz CT molecular complexity index is 826. The highest BCUT2D eigenvalue weighted by molar-refractivity contribution is 6.31. The molecule has 4 atom stereocenters. The number of rotatable bonds is 4. The lowest BCUT2D eigenvalue weighted by molar-refractivity contribution is -0.523. The van der Waals surface area contributed by atoms with E-state index < -0.39 is 40.2 Å². The summed E-state index contributed by atoms with van der Waals surface area (Å²) in [6, 6.07) is 5.56. The van der Waals surface area contributed by atoms with Crippen molar-refractivity contribution in [1.82, 2.24) is 0 Å². The Morgan fingerprint density at radius 3 is 2.81 bits per heavy atom. The molecule has 1 saturated carbocycles. The van der Waals surface area contributed by atoms with Crippen molar-refractivity contribution in [2.24, 2.45) is 11.1 Å². The van der Waals surface area contributed by atoms with Crippen LogP contribution < -0.4 is 0 Å². The molecule has 0 unspecified atom stereocenters. The number of carbonyl (C=O) groups excluding carboxylic acids is 2. The molecule has 0 N–H and O–H groups in total. The lowest BCUT2D eigenvalue weighted by Crippen LogP contribution is -2.55. The van der Waals surface area contributed by atoms with Crippen LogP contribution in [-0.2, 0) is 19.2 Å². The third kappa shape index (κ3) is 3.29. The normalized spacial score (nSPS) is 30.0. The molecule has 1 spiro atoms. The number of esters is 1. The number of benzene rings is 1. The average molecular weight is 395 g/mol. The largest absolute Gasteiger partial charge is 0.465 e. The Balaban J connectivity index is 2.07. The molecule has 1 heterocycles. The predicted molar refractivity (Wildman–Crippen MR) is 96.3 cm³/mol. The Morgan fingerprint density at radius 2 is 2.19 bits per heavy atom. The van der Waals surface area contributed by atoms with Crippen molar-refractivity contribution in [3.63, 3.8) is 0 Å². The summed E-state index contributed by atoms with van der Waals surface area (Å²) < 4.78 is 5.08. The summed E-state index contributed by atoms with van der Waals surface area (Å²) in [6.45, 7) is 3.27. The summed E-state index contributed by atoms with van der Waals surface area (Å²) in [5.41, 5.74) is -0.683. The van der Waals surface area contributed by atoms with Gasteiger partial charge < -0.3 is 9.57 Å². The molecule has 1 aliphatic carbocycles. The van der Waals surface area contributed by atoms with E-state index in [-0.39, 0.29) is 25.2 Å². The number of ketones is 1. The predicted octanol–water partition coefficient (Wildman–Crippen LogP) is 2.76. The van der Waals surface area contributed by atoms with Gasteiger partial charge >= 0.3 is 5.97 Å². The monoisotopic (exact) mass is 394 g/mol. The van der Waals surface area contributed by atoms with Crippen molar-refractivity contribution < 1.29 is 24.1 Å². The third-order valence-corrected chi connectivity index (χ3v) is 5.45. The van der Waals surface area contributed by atoms with Crippen molar-refractivity contribution in [3.8, 4) is 0 Å². The zero-order valence-corrected chi connectivity index (χ0v) is 15.6. The summed E-state index contributed by atoms with van der Waals surface area (Å²) in [5.74, 6) is -2.92. The molecule has 1 aromatic carbocycles. The van der Waals surface area contributed by atoms with Gasteiger partial charge in [0.15, 0.2) is 5.78 Å². The van der Waals surface area contributed by atoms with Crippen LogP contribution in [0.2, 0.25) is 5.02 Å². The maximum atomic E-state index is 12.9. The molecule has 2 aliphatic rings. The number of Topliss-reactive ketones (excluding diaryl/α,β-unsaturated/α-hetero) is 1. The lowest BCUT2D eigenvalue weighted by Gasteiger charge is -2.39. The van der Waals surface area contributed by atoms with E-state index in [2.05, 4.69) is 5.16 Å². The second-order valence-corrected chi connectivity index (χ2v) is 7.19. The Labute approximate surface area is 160 Å². The van der Waals surface area contributed by atoms with Crippen LogP contribution in [0.5, 0.6) is 0 Å². The lowest BCUT2D eigenvalue weighted by atomic mass is 9.65. The fourth-order valence-corrected chi connectivity index (χ4v) is 4.33. The van der Waals surface area contributed by atoms with Crippen molar-refractivity contribution in [3.05, 3.63) is 45.0 Å². The van der Waals surface area contributed by atoms with Crippen molar-refractivity contribution >= 4 is 29.1 Å². The van der Waals surface area contributed by atoms with Crippen molar-refractivity contribution in [2.75, 3.05) is 6.61 Å². The Kier molecular flexibility index (Phi) is 5.19. The number of halogens is 1. The number of nitro groups is 1. The van der Waals surface area contributed by atoms with Gasteiger partial charge in [-0.1, -0.05) is 35.0 Å². The van der Waals surface area contributed by atoms with Crippen LogP contribution in [0.15, 0.2) is 29.4 Å². The summed E-state index contributed by atoms with van der Waals surface area (Å²) in [6.07, 6.45) is -0.234. The number of hydrogen-bond acceptors (Lipinski definition) is 7. The van der Waals surface area contributed by atoms with Gasteiger partial charge in [-0.05, 0) is 25.5 Å². The SMILES string of the molecule is CCOC(=O)[C@@H]1C(=O)C[C@@]2(C[C@H]1c1ccccc1Cl)ON=C(C)[C@@H]2[N+](=O)[O-]. The first-order valence-corrected chi connectivity index (χ1v) is 8.98. The van der Waals surface area contributed by atoms with Gasteiger partial charge in [-0.25, -0.2) is 0 Å². The molecule has 144 valence electrons. The van der Waals surface area contributed by atoms with Crippen LogP contribution in [0, 0.1) is 16.0 Å². The molecule has 1 aromatic rings. The standard InChI is InChI=1S/C18H19ClN2O6/c1-3-26-17(23)15-12(11-6-4-5-7-13(11)19)8-18(9-14(15)22)16(21(24)25)10(2)20-27-18/h4-7,12,15-16H,3,8-9H2,1-2H3/t12-,15-,16-,18+/m0/s1. The van der Waals surface area contributed by atoms with Crippen LogP contribution in [0.1, 0.15) is 38.2 Å². The molecule has 0 bridgehead atoms. The number of carbonyl (C=O) groups is 2. The highest BCUT2D eigenvalue weighted by atomic mass is 35.5. The Morgan fingerprint density at radius 1 is 1.48 bits per heavy atom. The van der Waals surface area contributed by atoms with Gasteiger partial charge in [0.25, 0.3) is 6.04 Å². The van der Waals surface area contributed by atoms with E-state index in [1.807, 2.05) is 0 Å². The van der Waals surface area contributed by atoms with Gasteiger partial charge in [0.05, 0.1) is 13.0 Å². The van der Waals surface area contributed by atoms with Crippen molar-refractivity contribution in [2.45, 2.75) is 44.2 Å². The van der Waals surface area contributed by atoms with Crippen LogP contribution in [0.3, 0.4) is 0 Å². The number of hydrogen-bond donors (Lipinski definition) is 0. The van der Waals surface area contributed by atoms with E-state index in [1.165, 1.54) is 6.92 Å². The van der Waals surface area contributed by atoms with Crippen molar-refractivity contribution in [1.29, 1.82) is 0 Å². The molecular weight excluding hydrogens is 376 g/mol. The van der Waals surface area contributed by atoms with Crippen LogP contribution in [0.4, 0.5) is 0 Å². The topological polar surface area (TPSA) is 108 Å². The molecular formula is C18H19ClN2O6. The van der Waals surface area contributed by atoms with Gasteiger partial charge in [0.1, 0.15) is 11.6 Å². The summed E-state index contributed by atoms with van der Waals surface area (Å²) in [5, 5.41) is 15.8. The zero-order valence-electron chi connectivity index (χ0n) is 14.9. The van der Waals surface area contributed by atoms with Gasteiger partial charge in [0, 0.05) is 22.3 Å². The molecule has 8 nitrogen and oxygen atoms in total. The molecule has 9 heteroatoms. The van der Waals surface area contributed by atoms with E-state index in [1.54, 1.807) is 31.2 Å². The second kappa shape index (κ2) is 7.26. The fraction of sp³-hybridized carbons (Fsp3) is 0.500. The summed E-state index contributed by atoms with van der Waals surface area (Å²) >= 11 is 6.31. The van der Waals surface area contributed by atoms with E-state index in [9.17, 15) is 19.7 Å². The Hall–Kier alpha value is -2.48. The number of oxime groups is 1. The van der Waals surface area contributed by atoms with E-state index >= 15 is 0 Å². The third-order valence-electron chi connectivity index (χ3n) is 5.11. The van der Waals surface area contributed by atoms with E-state index in [0.717, 1.165) is 0 Å². The molecule has 1 aliphatic heterocycles. The minimum Gasteiger partial charge on any atom is -0.465 e. The quantitative estimate of drug-likeness (QED) is 0.336. The van der Waals surface area contributed by atoms with E-state index in [4.69, 9.17) is 21.2 Å². The molecule has 27 heavy (non-hydrogen) atoms. The first-order chi connectivity index (χ1) is 12.8. The molecule has 0 amide bonds. The zero-order chi connectivity index (χ0) is 19.8. The second-order valence-electron chi connectivity index (χ2n) is 6.78. The van der Waals surface area contributed by atoms with Gasteiger partial charge in [-0.15, -0.1) is 0 Å². The highest BCUT2D eigenvalue weighted by Crippen LogP contribution is 2.48. The molecule has 0 saturated heterocycles. The first-order valence-electron chi connectivity index (χ1n) is 8.60. The summed E-state index contributed by atoms with van der Waals surface area (Å²) in [7, 11) is 0. The van der Waals surface area contributed by atoms with Crippen LogP contribution in [-0.4, -0.2) is 40.6 Å². The van der Waals surface area contributed by atoms with E-state index in [0.29, 0.717) is 10.6 Å². The van der Waals surface area contributed by atoms with Gasteiger partial charge in [-0.3, -0.25) is 19.7 Å². The van der Waals surface area contributed by atoms with Gasteiger partial charge in [-0.2, -0.15) is 0 Å². The maximum Gasteiger partial charge on any atom is 0.317 e. The van der Waals surface area contributed by atoms with Crippen LogP contribution >= 0.6 is 11.6 Å². The minimum absolute atomic E-state index is 0.0540. The average Bonchev–Trinajstić information content (AvgIpc) is 2.90. The minimum atomic E-state index is -1.43. The molecule has 0 aromatic heterocycles. The maximum absolute atomic E-state index is 12.9. The first kappa shape index (κ1) is 19.3.